The summed E-state index contributed by atoms with van der Waals surface area (Å²) >= 11 is 0. The van der Waals surface area contributed by atoms with Crippen LogP contribution in [0.25, 0.3) is 0 Å². The van der Waals surface area contributed by atoms with Crippen LogP contribution in [0.4, 0.5) is 4.79 Å². The molecular weight excluding hydrogens is 168 g/mol. The van der Waals surface area contributed by atoms with E-state index in [9.17, 15) is 4.79 Å². The summed E-state index contributed by atoms with van der Waals surface area (Å²) in [5.74, 6) is 0.464. The van der Waals surface area contributed by atoms with Gasteiger partial charge in [-0.3, -0.25) is 0 Å². The second kappa shape index (κ2) is 5.84. The SMILES string of the molecule is CC1CCCCCCOC(=O)OC1. The summed E-state index contributed by atoms with van der Waals surface area (Å²) in [4.78, 5) is 10.9. The van der Waals surface area contributed by atoms with Gasteiger partial charge in [-0.2, -0.15) is 0 Å². The van der Waals surface area contributed by atoms with E-state index < -0.39 is 6.16 Å². The number of ether oxygens (including phenoxy) is 2. The molecule has 1 fully saturated rings. The van der Waals surface area contributed by atoms with Gasteiger partial charge in [0.05, 0.1) is 13.2 Å². The summed E-state index contributed by atoms with van der Waals surface area (Å²) in [6.07, 6.45) is 5.23. The minimum absolute atomic E-state index is 0.464. The van der Waals surface area contributed by atoms with Crippen molar-refractivity contribution in [3.63, 3.8) is 0 Å². The first-order chi connectivity index (χ1) is 6.29. The van der Waals surface area contributed by atoms with Gasteiger partial charge < -0.3 is 9.47 Å². The molecule has 13 heavy (non-hydrogen) atoms. The van der Waals surface area contributed by atoms with Gasteiger partial charge in [-0.05, 0) is 18.8 Å². The molecule has 3 heteroatoms. The molecule has 1 saturated heterocycles. The summed E-state index contributed by atoms with van der Waals surface area (Å²) in [5, 5.41) is 0. The Morgan fingerprint density at radius 2 is 1.92 bits per heavy atom. The standard InChI is InChI=1S/C10H18O3/c1-9-6-4-2-3-5-7-12-10(11)13-8-9/h9H,2-8H2,1H3. The summed E-state index contributed by atoms with van der Waals surface area (Å²) < 4.78 is 9.79. The fourth-order valence-electron chi connectivity index (χ4n) is 1.44. The van der Waals surface area contributed by atoms with E-state index in [1.807, 2.05) is 0 Å². The molecule has 0 aliphatic carbocycles. The molecule has 0 saturated carbocycles. The molecule has 1 aliphatic heterocycles. The Labute approximate surface area is 79.4 Å². The molecule has 0 aromatic carbocycles. The minimum Gasteiger partial charge on any atom is -0.434 e. The Bertz CT molecular complexity index is 156. The Morgan fingerprint density at radius 1 is 1.15 bits per heavy atom. The van der Waals surface area contributed by atoms with Crippen molar-refractivity contribution in [3.8, 4) is 0 Å². The van der Waals surface area contributed by atoms with Crippen molar-refractivity contribution >= 4 is 6.16 Å². The molecule has 0 aromatic heterocycles. The molecule has 0 N–H and O–H groups in total. The van der Waals surface area contributed by atoms with E-state index in [1.54, 1.807) is 0 Å². The highest BCUT2D eigenvalue weighted by molar-refractivity contribution is 5.59. The number of carbonyl (C=O) groups excluding carboxylic acids is 1. The van der Waals surface area contributed by atoms with Crippen molar-refractivity contribution in [3.05, 3.63) is 0 Å². The Hall–Kier alpha value is -0.730. The van der Waals surface area contributed by atoms with Gasteiger partial charge in [-0.25, -0.2) is 4.79 Å². The van der Waals surface area contributed by atoms with Crippen molar-refractivity contribution in [2.75, 3.05) is 13.2 Å². The molecule has 0 amide bonds. The maximum Gasteiger partial charge on any atom is 0.508 e. The van der Waals surface area contributed by atoms with Crippen LogP contribution in [-0.2, 0) is 9.47 Å². The maximum atomic E-state index is 10.9. The molecule has 3 nitrogen and oxygen atoms in total. The van der Waals surface area contributed by atoms with E-state index >= 15 is 0 Å². The van der Waals surface area contributed by atoms with E-state index in [2.05, 4.69) is 6.92 Å². The number of hydrogen-bond donors (Lipinski definition) is 0. The third kappa shape index (κ3) is 4.76. The molecule has 1 heterocycles. The summed E-state index contributed by atoms with van der Waals surface area (Å²) in [7, 11) is 0. The quantitative estimate of drug-likeness (QED) is 0.546. The lowest BCUT2D eigenvalue weighted by Gasteiger charge is -2.09. The average Bonchev–Trinajstić information content (AvgIpc) is 2.15. The van der Waals surface area contributed by atoms with Gasteiger partial charge in [0.25, 0.3) is 0 Å². The van der Waals surface area contributed by atoms with Crippen LogP contribution < -0.4 is 0 Å². The van der Waals surface area contributed by atoms with Gasteiger partial charge in [0.1, 0.15) is 0 Å². The Kier molecular flexibility index (Phi) is 4.65. The van der Waals surface area contributed by atoms with Crippen molar-refractivity contribution in [1.29, 1.82) is 0 Å². The van der Waals surface area contributed by atoms with Crippen LogP contribution in [0, 0.1) is 5.92 Å². The Morgan fingerprint density at radius 3 is 2.77 bits per heavy atom. The molecule has 1 unspecified atom stereocenters. The predicted molar refractivity (Wildman–Crippen MR) is 49.5 cm³/mol. The first-order valence-corrected chi connectivity index (χ1v) is 5.08. The van der Waals surface area contributed by atoms with Crippen LogP contribution in [0.5, 0.6) is 0 Å². The molecule has 0 bridgehead atoms. The van der Waals surface area contributed by atoms with Gasteiger partial charge in [0.2, 0.25) is 0 Å². The number of hydrogen-bond acceptors (Lipinski definition) is 3. The zero-order valence-corrected chi connectivity index (χ0v) is 8.25. The van der Waals surface area contributed by atoms with E-state index in [4.69, 9.17) is 9.47 Å². The summed E-state index contributed by atoms with van der Waals surface area (Å²) in [6.45, 7) is 3.11. The predicted octanol–water partition coefficient (Wildman–Crippen LogP) is 2.74. The van der Waals surface area contributed by atoms with E-state index in [0.717, 1.165) is 19.3 Å². The number of carbonyl (C=O) groups is 1. The van der Waals surface area contributed by atoms with Crippen LogP contribution in [0.1, 0.15) is 39.0 Å². The second-order valence-electron chi connectivity index (χ2n) is 3.72. The highest BCUT2D eigenvalue weighted by atomic mass is 16.7. The van der Waals surface area contributed by atoms with Crippen LogP contribution in [0.3, 0.4) is 0 Å². The van der Waals surface area contributed by atoms with Crippen molar-refractivity contribution in [2.45, 2.75) is 39.0 Å². The minimum atomic E-state index is -0.506. The van der Waals surface area contributed by atoms with Crippen LogP contribution in [-0.4, -0.2) is 19.4 Å². The van der Waals surface area contributed by atoms with E-state index in [0.29, 0.717) is 19.1 Å². The van der Waals surface area contributed by atoms with Gasteiger partial charge in [0.15, 0.2) is 0 Å². The summed E-state index contributed by atoms with van der Waals surface area (Å²) in [5.41, 5.74) is 0. The molecule has 1 atom stereocenters. The van der Waals surface area contributed by atoms with Crippen molar-refractivity contribution < 1.29 is 14.3 Å². The van der Waals surface area contributed by atoms with Crippen LogP contribution >= 0.6 is 0 Å². The third-order valence-corrected chi connectivity index (χ3v) is 2.30. The fraction of sp³-hybridized carbons (Fsp3) is 0.900. The topological polar surface area (TPSA) is 35.5 Å². The summed E-state index contributed by atoms with van der Waals surface area (Å²) in [6, 6.07) is 0. The Balaban J connectivity index is 2.28. The first-order valence-electron chi connectivity index (χ1n) is 5.08. The smallest absolute Gasteiger partial charge is 0.434 e. The maximum absolute atomic E-state index is 10.9. The van der Waals surface area contributed by atoms with Gasteiger partial charge in [-0.15, -0.1) is 0 Å². The highest BCUT2D eigenvalue weighted by Crippen LogP contribution is 2.12. The molecule has 0 spiro atoms. The number of rotatable bonds is 0. The fourth-order valence-corrected chi connectivity index (χ4v) is 1.44. The van der Waals surface area contributed by atoms with E-state index in [-0.39, 0.29) is 0 Å². The van der Waals surface area contributed by atoms with Crippen LogP contribution in [0.2, 0.25) is 0 Å². The van der Waals surface area contributed by atoms with Crippen molar-refractivity contribution in [1.82, 2.24) is 0 Å². The molecule has 76 valence electrons. The first kappa shape index (κ1) is 10.4. The van der Waals surface area contributed by atoms with Crippen molar-refractivity contribution in [2.24, 2.45) is 5.92 Å². The molecule has 1 rings (SSSR count). The van der Waals surface area contributed by atoms with Gasteiger partial charge >= 0.3 is 6.16 Å². The van der Waals surface area contributed by atoms with E-state index in [1.165, 1.54) is 12.8 Å². The zero-order valence-electron chi connectivity index (χ0n) is 8.25. The van der Waals surface area contributed by atoms with Gasteiger partial charge in [-0.1, -0.05) is 26.2 Å². The van der Waals surface area contributed by atoms with Crippen LogP contribution in [0.15, 0.2) is 0 Å². The van der Waals surface area contributed by atoms with Gasteiger partial charge in [0, 0.05) is 0 Å². The number of cyclic esters (lactones) is 2. The average molecular weight is 186 g/mol. The monoisotopic (exact) mass is 186 g/mol. The zero-order chi connectivity index (χ0) is 9.52. The normalized spacial score (nSPS) is 26.8. The highest BCUT2D eigenvalue weighted by Gasteiger charge is 2.09. The molecule has 0 radical (unpaired) electrons. The lowest BCUT2D eigenvalue weighted by molar-refractivity contribution is 0.0457. The third-order valence-electron chi connectivity index (χ3n) is 2.30. The lowest BCUT2D eigenvalue weighted by atomic mass is 10.0. The molecule has 0 aromatic rings. The largest absolute Gasteiger partial charge is 0.508 e. The second-order valence-corrected chi connectivity index (χ2v) is 3.72. The molecular formula is C10H18O3. The lowest BCUT2D eigenvalue weighted by Crippen LogP contribution is -2.13. The molecule has 1 aliphatic rings.